The van der Waals surface area contributed by atoms with Crippen LogP contribution < -0.4 is 5.32 Å². The van der Waals surface area contributed by atoms with Crippen LogP contribution in [0.15, 0.2) is 48.5 Å². The average molecular weight is 335 g/mol. The molecular formula is C20H21N3O2. The second-order valence-electron chi connectivity index (χ2n) is 6.72. The highest BCUT2D eigenvalue weighted by Gasteiger charge is 2.34. The second kappa shape index (κ2) is 6.33. The molecule has 1 aliphatic carbocycles. The number of para-hydroxylation sites is 1. The number of carbonyl (C=O) groups is 1. The normalized spacial score (nSPS) is 19.6. The number of rotatable bonds is 4. The molecule has 1 heterocycles. The molecule has 0 saturated heterocycles. The van der Waals surface area contributed by atoms with E-state index in [2.05, 4.69) is 21.6 Å². The first kappa shape index (κ1) is 15.8. The van der Waals surface area contributed by atoms with Crippen molar-refractivity contribution in [3.05, 3.63) is 65.4 Å². The van der Waals surface area contributed by atoms with Crippen LogP contribution in [0.1, 0.15) is 29.7 Å². The monoisotopic (exact) mass is 335 g/mol. The van der Waals surface area contributed by atoms with Crippen molar-refractivity contribution in [3.63, 3.8) is 0 Å². The number of aryl methyl sites for hydroxylation is 1. The Morgan fingerprint density at radius 2 is 2.00 bits per heavy atom. The Kier molecular flexibility index (Phi) is 4.01. The fraction of sp³-hybridized carbons (Fsp3) is 0.300. The number of benzene rings is 2. The largest absolute Gasteiger partial charge is 0.383 e. The standard InChI is InChI=1S/C20H21N3O2/c24-19(12-18-15-8-2-4-10-17(15)22-23-18)21-13-20(25)11-5-7-14-6-1-3-9-16(14)20/h1-4,6,8-10,25H,5,7,11-13H2,(H,21,24)(H,22,23)/t20-/m0/s1. The number of hydrogen-bond acceptors (Lipinski definition) is 3. The molecule has 0 spiro atoms. The summed E-state index contributed by atoms with van der Waals surface area (Å²) in [6, 6.07) is 15.7. The third-order valence-corrected chi connectivity index (χ3v) is 5.01. The third kappa shape index (κ3) is 3.03. The molecule has 1 aliphatic rings. The minimum Gasteiger partial charge on any atom is -0.383 e. The summed E-state index contributed by atoms with van der Waals surface area (Å²) in [6.07, 6.45) is 2.79. The second-order valence-corrected chi connectivity index (χ2v) is 6.72. The van der Waals surface area contributed by atoms with Crippen LogP contribution in [0.3, 0.4) is 0 Å². The highest BCUT2D eigenvalue weighted by molar-refractivity contribution is 5.87. The summed E-state index contributed by atoms with van der Waals surface area (Å²) in [4.78, 5) is 12.4. The Morgan fingerprint density at radius 3 is 2.92 bits per heavy atom. The highest BCUT2D eigenvalue weighted by Crippen LogP contribution is 2.34. The van der Waals surface area contributed by atoms with Crippen molar-refractivity contribution in [2.75, 3.05) is 6.54 Å². The lowest BCUT2D eigenvalue weighted by molar-refractivity contribution is -0.122. The van der Waals surface area contributed by atoms with Gasteiger partial charge in [0.2, 0.25) is 5.91 Å². The molecular weight excluding hydrogens is 314 g/mol. The van der Waals surface area contributed by atoms with E-state index >= 15 is 0 Å². The van der Waals surface area contributed by atoms with Gasteiger partial charge in [0.25, 0.3) is 0 Å². The molecule has 2 aromatic carbocycles. The Balaban J connectivity index is 1.46. The van der Waals surface area contributed by atoms with Crippen molar-refractivity contribution in [1.29, 1.82) is 0 Å². The Hall–Kier alpha value is -2.66. The minimum absolute atomic E-state index is 0.120. The summed E-state index contributed by atoms with van der Waals surface area (Å²) >= 11 is 0. The fourth-order valence-electron chi connectivity index (χ4n) is 3.70. The molecule has 0 aliphatic heterocycles. The molecule has 128 valence electrons. The summed E-state index contributed by atoms with van der Waals surface area (Å²) in [5.74, 6) is -0.120. The summed E-state index contributed by atoms with van der Waals surface area (Å²) in [5.41, 5.74) is 2.77. The van der Waals surface area contributed by atoms with Gasteiger partial charge >= 0.3 is 0 Å². The number of carbonyl (C=O) groups excluding carboxylic acids is 1. The van der Waals surface area contributed by atoms with Crippen LogP contribution in [0.2, 0.25) is 0 Å². The maximum Gasteiger partial charge on any atom is 0.226 e. The molecule has 1 atom stereocenters. The maximum atomic E-state index is 12.4. The summed E-state index contributed by atoms with van der Waals surface area (Å²) in [6.45, 7) is 0.231. The van der Waals surface area contributed by atoms with E-state index in [-0.39, 0.29) is 18.9 Å². The molecule has 5 nitrogen and oxygen atoms in total. The zero-order chi connectivity index (χ0) is 17.3. The summed E-state index contributed by atoms with van der Waals surface area (Å²) < 4.78 is 0. The molecule has 25 heavy (non-hydrogen) atoms. The van der Waals surface area contributed by atoms with Crippen molar-refractivity contribution in [1.82, 2.24) is 15.5 Å². The zero-order valence-electron chi connectivity index (χ0n) is 14.0. The molecule has 1 amide bonds. The third-order valence-electron chi connectivity index (χ3n) is 5.01. The molecule has 5 heteroatoms. The Bertz CT molecular complexity index is 918. The van der Waals surface area contributed by atoms with Crippen molar-refractivity contribution in [3.8, 4) is 0 Å². The molecule has 1 aromatic heterocycles. The minimum atomic E-state index is -0.986. The Morgan fingerprint density at radius 1 is 1.20 bits per heavy atom. The Labute approximate surface area is 146 Å². The topological polar surface area (TPSA) is 78.0 Å². The van der Waals surface area contributed by atoms with Gasteiger partial charge in [0.1, 0.15) is 5.60 Å². The molecule has 3 aromatic rings. The quantitative estimate of drug-likeness (QED) is 0.685. The molecule has 4 rings (SSSR count). The van der Waals surface area contributed by atoms with E-state index in [1.165, 1.54) is 5.56 Å². The lowest BCUT2D eigenvalue weighted by atomic mass is 9.79. The van der Waals surface area contributed by atoms with E-state index in [1.807, 2.05) is 42.5 Å². The SMILES string of the molecule is O=C(Cc1[nH]nc2ccccc12)NC[C@@]1(O)CCCc2ccccc21. The van der Waals surface area contributed by atoms with Crippen LogP contribution in [0.4, 0.5) is 0 Å². The first-order chi connectivity index (χ1) is 12.2. The summed E-state index contributed by atoms with van der Waals surface area (Å²) in [7, 11) is 0. The van der Waals surface area contributed by atoms with Gasteiger partial charge in [-0.2, -0.15) is 5.10 Å². The number of fused-ring (bicyclic) bond motifs is 2. The first-order valence-electron chi connectivity index (χ1n) is 8.65. The van der Waals surface area contributed by atoms with Gasteiger partial charge in [-0.25, -0.2) is 0 Å². The molecule has 0 bridgehead atoms. The van der Waals surface area contributed by atoms with Crippen LogP contribution in [-0.4, -0.2) is 27.8 Å². The smallest absolute Gasteiger partial charge is 0.226 e. The van der Waals surface area contributed by atoms with Crippen LogP contribution in [0.25, 0.3) is 10.9 Å². The number of aliphatic hydroxyl groups is 1. The van der Waals surface area contributed by atoms with E-state index in [0.29, 0.717) is 6.42 Å². The van der Waals surface area contributed by atoms with Crippen molar-refractivity contribution >= 4 is 16.8 Å². The fourth-order valence-corrected chi connectivity index (χ4v) is 3.70. The van der Waals surface area contributed by atoms with E-state index < -0.39 is 5.60 Å². The van der Waals surface area contributed by atoms with Crippen LogP contribution in [0, 0.1) is 0 Å². The number of hydrogen-bond donors (Lipinski definition) is 3. The molecule has 0 unspecified atom stereocenters. The number of aromatic nitrogens is 2. The van der Waals surface area contributed by atoms with Gasteiger partial charge in [-0.1, -0.05) is 42.5 Å². The van der Waals surface area contributed by atoms with Gasteiger partial charge in [-0.3, -0.25) is 9.89 Å². The van der Waals surface area contributed by atoms with Crippen LogP contribution in [-0.2, 0) is 23.2 Å². The highest BCUT2D eigenvalue weighted by atomic mass is 16.3. The number of H-pyrrole nitrogens is 1. The predicted octanol–water partition coefficient (Wildman–Crippen LogP) is 2.45. The molecule has 0 saturated carbocycles. The zero-order valence-corrected chi connectivity index (χ0v) is 14.0. The molecule has 0 fully saturated rings. The van der Waals surface area contributed by atoms with Crippen molar-refractivity contribution < 1.29 is 9.90 Å². The lowest BCUT2D eigenvalue weighted by Crippen LogP contribution is -2.43. The number of nitrogens with zero attached hydrogens (tertiary/aromatic N) is 1. The first-order valence-corrected chi connectivity index (χ1v) is 8.65. The van der Waals surface area contributed by atoms with Crippen molar-refractivity contribution in [2.45, 2.75) is 31.3 Å². The number of amides is 1. The van der Waals surface area contributed by atoms with E-state index in [0.717, 1.165) is 35.0 Å². The van der Waals surface area contributed by atoms with Gasteiger partial charge in [0.15, 0.2) is 0 Å². The van der Waals surface area contributed by atoms with Gasteiger partial charge in [0, 0.05) is 5.39 Å². The van der Waals surface area contributed by atoms with E-state index in [4.69, 9.17) is 0 Å². The maximum absolute atomic E-state index is 12.4. The molecule has 0 radical (unpaired) electrons. The van der Waals surface area contributed by atoms with Crippen molar-refractivity contribution in [2.24, 2.45) is 0 Å². The van der Waals surface area contributed by atoms with Gasteiger partial charge in [0.05, 0.1) is 24.2 Å². The van der Waals surface area contributed by atoms with E-state index in [9.17, 15) is 9.90 Å². The van der Waals surface area contributed by atoms with Crippen LogP contribution >= 0.6 is 0 Å². The van der Waals surface area contributed by atoms with Gasteiger partial charge in [-0.05, 0) is 36.5 Å². The summed E-state index contributed by atoms with van der Waals surface area (Å²) in [5, 5.41) is 22.0. The van der Waals surface area contributed by atoms with Crippen LogP contribution in [0.5, 0.6) is 0 Å². The average Bonchev–Trinajstić information content (AvgIpc) is 3.04. The van der Waals surface area contributed by atoms with E-state index in [1.54, 1.807) is 0 Å². The molecule has 3 N–H and O–H groups in total. The predicted molar refractivity (Wildman–Crippen MR) is 96.1 cm³/mol. The lowest BCUT2D eigenvalue weighted by Gasteiger charge is -2.34. The number of aromatic amines is 1. The number of nitrogens with one attached hydrogen (secondary N) is 2. The van der Waals surface area contributed by atoms with Gasteiger partial charge < -0.3 is 10.4 Å². The van der Waals surface area contributed by atoms with Gasteiger partial charge in [-0.15, -0.1) is 0 Å².